The lowest BCUT2D eigenvalue weighted by atomic mass is 9.37. The van der Waals surface area contributed by atoms with Crippen LogP contribution in [0.15, 0.2) is 0 Å². The maximum absolute atomic E-state index is 11.9. The minimum absolute atomic E-state index is 0.113. The molecule has 0 atom stereocenters. The van der Waals surface area contributed by atoms with E-state index in [2.05, 4.69) is 26.1 Å². The quantitative estimate of drug-likeness (QED) is 0.780. The third-order valence-corrected chi connectivity index (χ3v) is 4.61. The van der Waals surface area contributed by atoms with Crippen molar-refractivity contribution in [2.24, 2.45) is 16.7 Å². The average molecular weight is 221 g/mol. The maximum atomic E-state index is 11.9. The van der Waals surface area contributed by atoms with Gasteiger partial charge in [0.15, 0.2) is 0 Å². The summed E-state index contributed by atoms with van der Waals surface area (Å²) in [5.74, 6) is 1.28. The molecule has 0 aliphatic heterocycles. The highest BCUT2D eigenvalue weighted by Gasteiger charge is 2.72. The SMILES string of the molecule is CC(C)(C)CC(=O)NC12CC(C3CC3)(C1)C2. The Kier molecular flexibility index (Phi) is 1.88. The van der Waals surface area contributed by atoms with E-state index >= 15 is 0 Å². The lowest BCUT2D eigenvalue weighted by molar-refractivity contribution is -0.176. The molecule has 0 aromatic rings. The standard InChI is InChI=1S/C14H23NO/c1-12(2,3)6-11(16)15-14-7-13(8-14,9-14)10-4-5-10/h10H,4-9H2,1-3H3,(H,15,16). The highest BCUT2D eigenvalue weighted by atomic mass is 16.1. The van der Waals surface area contributed by atoms with Gasteiger partial charge < -0.3 is 5.32 Å². The summed E-state index contributed by atoms with van der Waals surface area (Å²) in [5.41, 5.74) is 1.04. The van der Waals surface area contributed by atoms with Crippen LogP contribution in [-0.2, 0) is 4.79 Å². The van der Waals surface area contributed by atoms with Gasteiger partial charge >= 0.3 is 0 Å². The number of amides is 1. The first-order valence-corrected chi connectivity index (χ1v) is 6.64. The van der Waals surface area contributed by atoms with Crippen LogP contribution in [-0.4, -0.2) is 11.4 Å². The van der Waals surface area contributed by atoms with Gasteiger partial charge in [-0.05, 0) is 48.9 Å². The summed E-state index contributed by atoms with van der Waals surface area (Å²) in [7, 11) is 0. The minimum Gasteiger partial charge on any atom is -0.351 e. The molecule has 0 heterocycles. The number of hydrogen-bond donors (Lipinski definition) is 1. The van der Waals surface area contributed by atoms with E-state index in [-0.39, 0.29) is 16.9 Å². The Hall–Kier alpha value is -0.530. The molecular weight excluding hydrogens is 198 g/mol. The van der Waals surface area contributed by atoms with Crippen molar-refractivity contribution in [2.75, 3.05) is 0 Å². The van der Waals surface area contributed by atoms with Crippen molar-refractivity contribution in [3.8, 4) is 0 Å². The normalized spacial score (nSPS) is 40.9. The number of nitrogens with one attached hydrogen (secondary N) is 1. The second-order valence-electron chi connectivity index (χ2n) is 7.73. The molecule has 2 nitrogen and oxygen atoms in total. The van der Waals surface area contributed by atoms with E-state index in [0.29, 0.717) is 11.8 Å². The van der Waals surface area contributed by atoms with Gasteiger partial charge in [0.1, 0.15) is 0 Å². The fraction of sp³-hybridized carbons (Fsp3) is 0.929. The summed E-state index contributed by atoms with van der Waals surface area (Å²) in [5, 5.41) is 3.28. The minimum atomic E-state index is 0.113. The number of carbonyl (C=O) groups is 1. The Bertz CT molecular complexity index is 315. The van der Waals surface area contributed by atoms with E-state index in [1.165, 1.54) is 32.1 Å². The zero-order valence-corrected chi connectivity index (χ0v) is 10.7. The average Bonchev–Trinajstić information content (AvgIpc) is 2.71. The van der Waals surface area contributed by atoms with Crippen molar-refractivity contribution in [1.29, 1.82) is 0 Å². The predicted octanol–water partition coefficient (Wildman–Crippen LogP) is 2.87. The third-order valence-electron chi connectivity index (χ3n) is 4.61. The van der Waals surface area contributed by atoms with Crippen molar-refractivity contribution in [1.82, 2.24) is 5.32 Å². The van der Waals surface area contributed by atoms with Crippen molar-refractivity contribution >= 4 is 5.91 Å². The van der Waals surface area contributed by atoms with E-state index in [1.54, 1.807) is 0 Å². The van der Waals surface area contributed by atoms with E-state index in [0.717, 1.165) is 5.92 Å². The molecule has 0 saturated heterocycles. The summed E-state index contributed by atoms with van der Waals surface area (Å²) < 4.78 is 0. The molecule has 16 heavy (non-hydrogen) atoms. The van der Waals surface area contributed by atoms with E-state index < -0.39 is 0 Å². The number of carbonyl (C=O) groups excluding carboxylic acids is 1. The van der Waals surface area contributed by atoms with Crippen molar-refractivity contribution in [3.63, 3.8) is 0 Å². The van der Waals surface area contributed by atoms with Crippen LogP contribution in [0.3, 0.4) is 0 Å². The Morgan fingerprint density at radius 2 is 1.81 bits per heavy atom. The van der Waals surface area contributed by atoms with Gasteiger partial charge in [0, 0.05) is 12.0 Å². The smallest absolute Gasteiger partial charge is 0.220 e. The molecule has 0 unspecified atom stereocenters. The Morgan fingerprint density at radius 3 is 2.25 bits per heavy atom. The highest BCUT2D eigenvalue weighted by Crippen LogP contribution is 2.75. The zero-order chi connectivity index (χ0) is 11.6. The van der Waals surface area contributed by atoms with E-state index in [4.69, 9.17) is 0 Å². The van der Waals surface area contributed by atoms with Crippen LogP contribution in [0.1, 0.15) is 59.3 Å². The molecule has 4 saturated carbocycles. The molecule has 2 heteroatoms. The fourth-order valence-electron chi connectivity index (χ4n) is 3.95. The van der Waals surface area contributed by atoms with Crippen LogP contribution < -0.4 is 5.32 Å². The fourth-order valence-corrected chi connectivity index (χ4v) is 3.95. The van der Waals surface area contributed by atoms with Crippen LogP contribution in [0.25, 0.3) is 0 Å². The van der Waals surface area contributed by atoms with Crippen LogP contribution >= 0.6 is 0 Å². The summed E-state index contributed by atoms with van der Waals surface area (Å²) in [6.07, 6.45) is 7.39. The van der Waals surface area contributed by atoms with Gasteiger partial charge in [-0.3, -0.25) is 4.79 Å². The molecule has 1 N–H and O–H groups in total. The van der Waals surface area contributed by atoms with Crippen molar-refractivity contribution in [2.45, 2.75) is 64.8 Å². The van der Waals surface area contributed by atoms with Crippen LogP contribution in [0, 0.1) is 16.7 Å². The summed E-state index contributed by atoms with van der Waals surface area (Å²) in [6.45, 7) is 6.38. The van der Waals surface area contributed by atoms with Gasteiger partial charge in [0.25, 0.3) is 0 Å². The predicted molar refractivity (Wildman–Crippen MR) is 64.0 cm³/mol. The molecule has 0 aromatic heterocycles. The Morgan fingerprint density at radius 1 is 1.25 bits per heavy atom. The summed E-state index contributed by atoms with van der Waals surface area (Å²) in [6, 6.07) is 0. The topological polar surface area (TPSA) is 29.1 Å². The molecule has 1 amide bonds. The molecule has 0 radical (unpaired) electrons. The first kappa shape index (κ1) is 10.6. The molecule has 2 bridgehead atoms. The van der Waals surface area contributed by atoms with Crippen LogP contribution in [0.5, 0.6) is 0 Å². The lowest BCUT2D eigenvalue weighted by Gasteiger charge is -2.71. The molecule has 4 fully saturated rings. The monoisotopic (exact) mass is 221 g/mol. The second kappa shape index (κ2) is 2.83. The molecular formula is C14H23NO. The molecule has 90 valence electrons. The second-order valence-corrected chi connectivity index (χ2v) is 7.73. The first-order valence-electron chi connectivity index (χ1n) is 6.64. The van der Waals surface area contributed by atoms with Gasteiger partial charge in [0.05, 0.1) is 0 Å². The summed E-state index contributed by atoms with van der Waals surface area (Å²) in [4.78, 5) is 11.9. The number of hydrogen-bond acceptors (Lipinski definition) is 1. The lowest BCUT2D eigenvalue weighted by Crippen LogP contribution is -2.75. The van der Waals surface area contributed by atoms with E-state index in [1.807, 2.05) is 0 Å². The third kappa shape index (κ3) is 1.57. The van der Waals surface area contributed by atoms with Crippen molar-refractivity contribution in [3.05, 3.63) is 0 Å². The van der Waals surface area contributed by atoms with Gasteiger partial charge in [-0.15, -0.1) is 0 Å². The van der Waals surface area contributed by atoms with Gasteiger partial charge in [-0.2, -0.15) is 0 Å². The van der Waals surface area contributed by atoms with Crippen molar-refractivity contribution < 1.29 is 4.79 Å². The van der Waals surface area contributed by atoms with Gasteiger partial charge in [-0.25, -0.2) is 0 Å². The summed E-state index contributed by atoms with van der Waals surface area (Å²) >= 11 is 0. The Balaban J connectivity index is 1.49. The van der Waals surface area contributed by atoms with Crippen LogP contribution in [0.2, 0.25) is 0 Å². The largest absolute Gasteiger partial charge is 0.351 e. The molecule has 4 aliphatic carbocycles. The maximum Gasteiger partial charge on any atom is 0.220 e. The first-order chi connectivity index (χ1) is 7.33. The van der Waals surface area contributed by atoms with Crippen LogP contribution in [0.4, 0.5) is 0 Å². The molecule has 4 rings (SSSR count). The Labute approximate surface area is 98.2 Å². The van der Waals surface area contributed by atoms with E-state index in [9.17, 15) is 4.79 Å². The van der Waals surface area contributed by atoms with Gasteiger partial charge in [-0.1, -0.05) is 20.8 Å². The zero-order valence-electron chi connectivity index (χ0n) is 10.7. The molecule has 0 aromatic carbocycles. The highest BCUT2D eigenvalue weighted by molar-refractivity contribution is 5.78. The van der Waals surface area contributed by atoms with Gasteiger partial charge in [0.2, 0.25) is 5.91 Å². The number of rotatable bonds is 3. The molecule has 0 spiro atoms. The molecule has 4 aliphatic rings.